The summed E-state index contributed by atoms with van der Waals surface area (Å²) in [6, 6.07) is 8.83. The average Bonchev–Trinajstić information content (AvgIpc) is 2.15. The molecule has 3 N–H and O–H groups in total. The Balaban J connectivity index is 2.50. The number of rotatable bonds is 5. The van der Waals surface area contributed by atoms with Gasteiger partial charge in [0.1, 0.15) is 0 Å². The third-order valence-electron chi connectivity index (χ3n) is 1.51. The molecule has 0 aromatic heterocycles. The molecule has 0 bridgehead atoms. The highest BCUT2D eigenvalue weighted by Crippen LogP contribution is 2.45. The zero-order valence-corrected chi connectivity index (χ0v) is 9.40. The minimum absolute atomic E-state index is 0.0811. The Morgan fingerprint density at radius 1 is 1.40 bits per heavy atom. The Morgan fingerprint density at radius 2 is 2.00 bits per heavy atom. The maximum Gasteiger partial charge on any atom is 0.704 e. The smallest absolute Gasteiger partial charge is 0.310 e. The van der Waals surface area contributed by atoms with Crippen LogP contribution in [0.3, 0.4) is 0 Å². The molecule has 0 radical (unpaired) electrons. The molecule has 0 saturated heterocycles. The van der Waals surface area contributed by atoms with Gasteiger partial charge in [0.15, 0.2) is 0 Å². The quantitative estimate of drug-likeness (QED) is 0.686. The molecular formula is C7H10NO5P2+. The van der Waals surface area contributed by atoms with Gasteiger partial charge in [-0.05, 0) is 9.87 Å². The summed E-state index contributed by atoms with van der Waals surface area (Å²) < 4.78 is 25.2. The van der Waals surface area contributed by atoms with Crippen molar-refractivity contribution in [1.82, 2.24) is 5.09 Å². The molecule has 1 aromatic rings. The maximum atomic E-state index is 11.1. The van der Waals surface area contributed by atoms with E-state index in [1.165, 1.54) is 0 Å². The van der Waals surface area contributed by atoms with Crippen LogP contribution < -0.4 is 5.09 Å². The van der Waals surface area contributed by atoms with Crippen LogP contribution in [0.15, 0.2) is 30.3 Å². The van der Waals surface area contributed by atoms with Crippen molar-refractivity contribution in [3.8, 4) is 0 Å². The first-order chi connectivity index (χ1) is 6.99. The molecule has 0 aliphatic rings. The second kappa shape index (κ2) is 5.47. The van der Waals surface area contributed by atoms with Crippen LogP contribution >= 0.6 is 16.0 Å². The Bertz CT molecular complexity index is 382. The fourth-order valence-electron chi connectivity index (χ4n) is 0.911. The topological polar surface area (TPSA) is 95.9 Å². The van der Waals surface area contributed by atoms with Crippen LogP contribution in [0.1, 0.15) is 5.56 Å². The van der Waals surface area contributed by atoms with Crippen LogP contribution in [0.5, 0.6) is 0 Å². The van der Waals surface area contributed by atoms with E-state index in [9.17, 15) is 9.13 Å². The van der Waals surface area contributed by atoms with Crippen molar-refractivity contribution >= 4 is 16.0 Å². The van der Waals surface area contributed by atoms with Gasteiger partial charge in [-0.3, -0.25) is 0 Å². The van der Waals surface area contributed by atoms with Crippen LogP contribution in [0.2, 0.25) is 0 Å². The average molecular weight is 250 g/mol. The molecule has 0 heterocycles. The van der Waals surface area contributed by atoms with Gasteiger partial charge >= 0.3 is 16.0 Å². The van der Waals surface area contributed by atoms with Crippen molar-refractivity contribution in [3.63, 3.8) is 0 Å². The molecule has 0 aliphatic heterocycles. The molecular weight excluding hydrogens is 240 g/mol. The predicted molar refractivity (Wildman–Crippen MR) is 54.0 cm³/mol. The first kappa shape index (κ1) is 12.5. The zero-order valence-electron chi connectivity index (χ0n) is 7.61. The third kappa shape index (κ3) is 5.14. The second-order valence-corrected chi connectivity index (χ2v) is 5.15. The number of hydrogen-bond donors (Lipinski definition) is 3. The van der Waals surface area contributed by atoms with Crippen molar-refractivity contribution < 1.29 is 23.2 Å². The Morgan fingerprint density at radius 3 is 2.53 bits per heavy atom. The van der Waals surface area contributed by atoms with E-state index in [0.29, 0.717) is 0 Å². The summed E-state index contributed by atoms with van der Waals surface area (Å²) in [5.41, 5.74) is 0.767. The van der Waals surface area contributed by atoms with Gasteiger partial charge in [0.2, 0.25) is 0 Å². The monoisotopic (exact) mass is 250 g/mol. The minimum Gasteiger partial charge on any atom is -0.310 e. The minimum atomic E-state index is -4.20. The highest BCUT2D eigenvalue weighted by molar-refractivity contribution is 7.57. The van der Waals surface area contributed by atoms with E-state index in [1.807, 2.05) is 6.07 Å². The lowest BCUT2D eigenvalue weighted by Gasteiger charge is -2.05. The lowest BCUT2D eigenvalue weighted by Crippen LogP contribution is -2.09. The highest BCUT2D eigenvalue weighted by Gasteiger charge is 2.32. The molecule has 0 spiro atoms. The van der Waals surface area contributed by atoms with E-state index in [4.69, 9.17) is 9.79 Å². The zero-order chi connectivity index (χ0) is 11.3. The maximum absolute atomic E-state index is 11.1. The molecule has 1 aromatic carbocycles. The molecule has 82 valence electrons. The van der Waals surface area contributed by atoms with Crippen molar-refractivity contribution in [1.29, 1.82) is 0 Å². The van der Waals surface area contributed by atoms with Crippen LogP contribution in [0.4, 0.5) is 0 Å². The summed E-state index contributed by atoms with van der Waals surface area (Å²) in [5, 5.41) is 2.15. The summed E-state index contributed by atoms with van der Waals surface area (Å²) in [6.07, 6.45) is 0. The van der Waals surface area contributed by atoms with E-state index in [1.54, 1.807) is 24.3 Å². The van der Waals surface area contributed by atoms with Crippen LogP contribution in [0.25, 0.3) is 0 Å². The predicted octanol–water partition coefficient (Wildman–Crippen LogP) is 1.54. The summed E-state index contributed by atoms with van der Waals surface area (Å²) in [7, 11) is -7.29. The van der Waals surface area contributed by atoms with E-state index >= 15 is 0 Å². The molecule has 15 heavy (non-hydrogen) atoms. The van der Waals surface area contributed by atoms with Crippen molar-refractivity contribution in [2.45, 2.75) is 6.54 Å². The summed E-state index contributed by atoms with van der Waals surface area (Å²) >= 11 is 0. The highest BCUT2D eigenvalue weighted by atomic mass is 31.2. The lowest BCUT2D eigenvalue weighted by molar-refractivity contribution is 0.338. The summed E-state index contributed by atoms with van der Waals surface area (Å²) in [5.74, 6) is 0. The van der Waals surface area contributed by atoms with Gasteiger partial charge < -0.3 is 4.89 Å². The molecule has 6 nitrogen and oxygen atoms in total. The normalized spacial score (nSPS) is 15.7. The van der Waals surface area contributed by atoms with Crippen molar-refractivity contribution in [2.75, 3.05) is 0 Å². The van der Waals surface area contributed by atoms with Gasteiger partial charge in [0.25, 0.3) is 0 Å². The molecule has 0 saturated carbocycles. The number of hydrogen-bond acceptors (Lipinski definition) is 3. The standard InChI is InChI=1S/C7H9NO5P2/c9-14(10)13-15(11,12)8-6-7-4-2-1-3-5-7/h1-5H,6H2,(H2-,8,9,10,11,12)/p+1. The first-order valence-corrected chi connectivity index (χ1v) is 6.68. The summed E-state index contributed by atoms with van der Waals surface area (Å²) in [6.45, 7) is 0.0811. The van der Waals surface area contributed by atoms with Crippen LogP contribution in [-0.2, 0) is 20.0 Å². The van der Waals surface area contributed by atoms with Gasteiger partial charge in [0.05, 0.1) is 0 Å². The SMILES string of the molecule is O=[P+](O)OP(=O)(O)NCc1ccccc1. The van der Waals surface area contributed by atoms with Crippen LogP contribution in [0, 0.1) is 0 Å². The molecule has 0 fully saturated rings. The van der Waals surface area contributed by atoms with Gasteiger partial charge in [-0.15, -0.1) is 4.89 Å². The number of benzene rings is 1. The van der Waals surface area contributed by atoms with Gasteiger partial charge in [-0.1, -0.05) is 30.3 Å². The van der Waals surface area contributed by atoms with Crippen molar-refractivity contribution in [2.24, 2.45) is 0 Å². The van der Waals surface area contributed by atoms with Gasteiger partial charge in [0, 0.05) is 11.1 Å². The van der Waals surface area contributed by atoms with Gasteiger partial charge in [-0.2, -0.15) is 0 Å². The molecule has 0 amide bonds. The second-order valence-electron chi connectivity index (χ2n) is 2.66. The fourth-order valence-corrected chi connectivity index (χ4v) is 2.28. The Hall–Kier alpha value is -0.610. The summed E-state index contributed by atoms with van der Waals surface area (Å²) in [4.78, 5) is 17.3. The molecule has 1 rings (SSSR count). The van der Waals surface area contributed by atoms with E-state index in [2.05, 4.69) is 9.40 Å². The van der Waals surface area contributed by atoms with E-state index in [-0.39, 0.29) is 6.54 Å². The lowest BCUT2D eigenvalue weighted by atomic mass is 10.2. The first-order valence-electron chi connectivity index (χ1n) is 3.97. The molecule has 2 atom stereocenters. The van der Waals surface area contributed by atoms with E-state index < -0.39 is 16.0 Å². The third-order valence-corrected chi connectivity index (χ3v) is 3.51. The Labute approximate surface area is 87.4 Å². The molecule has 2 unspecified atom stereocenters. The Kier molecular flexibility index (Phi) is 4.54. The van der Waals surface area contributed by atoms with Crippen molar-refractivity contribution in [3.05, 3.63) is 35.9 Å². The van der Waals surface area contributed by atoms with E-state index in [0.717, 1.165) is 5.56 Å². The molecule has 0 aliphatic carbocycles. The van der Waals surface area contributed by atoms with Crippen LogP contribution in [-0.4, -0.2) is 9.79 Å². The molecule has 8 heteroatoms. The fraction of sp³-hybridized carbons (Fsp3) is 0.143. The van der Waals surface area contributed by atoms with Gasteiger partial charge in [-0.25, -0.2) is 9.65 Å². The largest absolute Gasteiger partial charge is 0.704 e. The number of nitrogens with one attached hydrogen (secondary N) is 1.